The third-order valence-corrected chi connectivity index (χ3v) is 3.40. The third kappa shape index (κ3) is 3.44. The second-order valence-corrected chi connectivity index (χ2v) is 4.97. The Hall–Kier alpha value is -1.62. The van der Waals surface area contributed by atoms with Crippen LogP contribution < -0.4 is 4.74 Å². The maximum Gasteiger partial charge on any atom is 0.358 e. The number of nitrogens with zero attached hydrogens (tertiary/aromatic N) is 1. The third-order valence-electron chi connectivity index (χ3n) is 3.40. The molecule has 2 N–H and O–H groups in total. The Kier molecular flexibility index (Phi) is 4.37. The summed E-state index contributed by atoms with van der Waals surface area (Å²) in [5.74, 6) is -0.870. The van der Waals surface area contributed by atoms with Crippen molar-refractivity contribution in [2.24, 2.45) is 0 Å². The number of carbonyl (C=O) groups is 1. The van der Waals surface area contributed by atoms with E-state index in [0.29, 0.717) is 12.1 Å². The van der Waals surface area contributed by atoms with Gasteiger partial charge in [-0.15, -0.1) is 0 Å². The van der Waals surface area contributed by atoms with Crippen LogP contribution in [-0.2, 0) is 0 Å². The summed E-state index contributed by atoms with van der Waals surface area (Å²) in [6, 6.07) is 3.33. The Morgan fingerprint density at radius 3 is 2.79 bits per heavy atom. The Morgan fingerprint density at radius 2 is 2.05 bits per heavy atom. The maximum atomic E-state index is 11.2. The van der Waals surface area contributed by atoms with Gasteiger partial charge in [0.25, 0.3) is 0 Å². The summed E-state index contributed by atoms with van der Waals surface area (Å²) in [4.78, 5) is 15.1. The highest BCUT2D eigenvalue weighted by molar-refractivity contribution is 5.88. The van der Waals surface area contributed by atoms with Gasteiger partial charge in [0.1, 0.15) is 6.10 Å². The summed E-state index contributed by atoms with van der Waals surface area (Å²) in [6.45, 7) is 1.73. The van der Waals surface area contributed by atoms with Crippen LogP contribution in [0.25, 0.3) is 0 Å². The highest BCUT2D eigenvalue weighted by Crippen LogP contribution is 2.25. The van der Waals surface area contributed by atoms with Crippen LogP contribution in [0.4, 0.5) is 0 Å². The molecular formula is C14H19NO4. The first-order valence-corrected chi connectivity index (χ1v) is 6.63. The highest BCUT2D eigenvalue weighted by Gasteiger charge is 2.25. The fraction of sp³-hybridized carbons (Fsp3) is 0.571. The zero-order chi connectivity index (χ0) is 13.8. The van der Waals surface area contributed by atoms with Crippen LogP contribution >= 0.6 is 0 Å². The van der Waals surface area contributed by atoms with Crippen molar-refractivity contribution in [1.29, 1.82) is 0 Å². The van der Waals surface area contributed by atoms with Crippen LogP contribution in [-0.4, -0.2) is 33.4 Å². The largest absolute Gasteiger partial charge is 0.485 e. The highest BCUT2D eigenvalue weighted by atomic mass is 16.5. The standard InChI is InChI=1S/C14H19NO4/c1-9-7-8-12(13(15-9)14(17)18)19-11-6-4-2-3-5-10(11)16/h7-8,10-11,16H,2-6H2,1H3,(H,17,18). The SMILES string of the molecule is Cc1ccc(OC2CCCCCC2O)c(C(=O)O)n1. The van der Waals surface area contributed by atoms with Crippen LogP contribution in [0.2, 0.25) is 0 Å². The summed E-state index contributed by atoms with van der Waals surface area (Å²) < 4.78 is 5.70. The van der Waals surface area contributed by atoms with Crippen molar-refractivity contribution in [3.05, 3.63) is 23.5 Å². The monoisotopic (exact) mass is 265 g/mol. The van der Waals surface area contributed by atoms with Gasteiger partial charge in [0.15, 0.2) is 11.4 Å². The number of carboxylic acids is 1. The molecule has 104 valence electrons. The number of aryl methyl sites for hydroxylation is 1. The van der Waals surface area contributed by atoms with Gasteiger partial charge in [-0.05, 0) is 38.3 Å². The molecule has 0 amide bonds. The van der Waals surface area contributed by atoms with E-state index >= 15 is 0 Å². The molecule has 0 spiro atoms. The molecule has 0 saturated heterocycles. The molecule has 2 atom stereocenters. The minimum Gasteiger partial charge on any atom is -0.485 e. The summed E-state index contributed by atoms with van der Waals surface area (Å²) in [7, 11) is 0. The topological polar surface area (TPSA) is 79.7 Å². The average molecular weight is 265 g/mol. The van der Waals surface area contributed by atoms with Crippen LogP contribution in [0.3, 0.4) is 0 Å². The first-order chi connectivity index (χ1) is 9.08. The summed E-state index contributed by atoms with van der Waals surface area (Å²) in [6.07, 6.45) is 3.62. The van der Waals surface area contributed by atoms with E-state index in [1.54, 1.807) is 19.1 Å². The van der Waals surface area contributed by atoms with E-state index in [4.69, 9.17) is 9.84 Å². The molecule has 1 aromatic heterocycles. The molecule has 1 saturated carbocycles. The Bertz CT molecular complexity index is 461. The molecule has 2 rings (SSSR count). The van der Waals surface area contributed by atoms with Crippen LogP contribution in [0.5, 0.6) is 5.75 Å². The molecule has 1 heterocycles. The van der Waals surface area contributed by atoms with Crippen molar-refractivity contribution in [2.75, 3.05) is 0 Å². The van der Waals surface area contributed by atoms with E-state index in [-0.39, 0.29) is 17.5 Å². The van der Waals surface area contributed by atoms with Crippen molar-refractivity contribution in [3.63, 3.8) is 0 Å². The zero-order valence-electron chi connectivity index (χ0n) is 11.0. The minimum absolute atomic E-state index is 0.0866. The van der Waals surface area contributed by atoms with E-state index in [1.807, 2.05) is 0 Å². The fourth-order valence-corrected chi connectivity index (χ4v) is 2.35. The number of aliphatic hydroxyl groups is 1. The number of aromatic nitrogens is 1. The summed E-state index contributed by atoms with van der Waals surface area (Å²) in [5.41, 5.74) is 0.544. The van der Waals surface area contributed by atoms with Gasteiger partial charge in [0.05, 0.1) is 6.10 Å². The van der Waals surface area contributed by atoms with E-state index in [1.165, 1.54) is 0 Å². The van der Waals surface area contributed by atoms with Crippen LogP contribution in [0, 0.1) is 6.92 Å². The second kappa shape index (κ2) is 6.02. The Labute approximate surface area is 112 Å². The fourth-order valence-electron chi connectivity index (χ4n) is 2.35. The molecule has 0 aromatic carbocycles. The quantitative estimate of drug-likeness (QED) is 0.819. The average Bonchev–Trinajstić information content (AvgIpc) is 2.57. The van der Waals surface area contributed by atoms with Gasteiger partial charge in [-0.2, -0.15) is 0 Å². The smallest absolute Gasteiger partial charge is 0.358 e. The number of hydrogen-bond donors (Lipinski definition) is 2. The maximum absolute atomic E-state index is 11.2. The molecule has 1 aliphatic carbocycles. The molecule has 0 aliphatic heterocycles. The second-order valence-electron chi connectivity index (χ2n) is 4.97. The number of ether oxygens (including phenoxy) is 1. The van der Waals surface area contributed by atoms with Gasteiger partial charge >= 0.3 is 5.97 Å². The lowest BCUT2D eigenvalue weighted by molar-refractivity contribution is 0.0301. The van der Waals surface area contributed by atoms with Gasteiger partial charge in [0, 0.05) is 5.69 Å². The lowest BCUT2D eigenvalue weighted by atomic mass is 10.1. The molecule has 5 heteroatoms. The Balaban J connectivity index is 2.19. The van der Waals surface area contributed by atoms with Gasteiger partial charge in [0.2, 0.25) is 0 Å². The first kappa shape index (κ1) is 13.8. The number of aliphatic hydroxyl groups excluding tert-OH is 1. The molecule has 19 heavy (non-hydrogen) atoms. The molecule has 0 radical (unpaired) electrons. The predicted octanol–water partition coefficient (Wildman–Crippen LogP) is 2.16. The van der Waals surface area contributed by atoms with Crippen molar-refractivity contribution in [3.8, 4) is 5.75 Å². The van der Waals surface area contributed by atoms with E-state index in [0.717, 1.165) is 25.7 Å². The van der Waals surface area contributed by atoms with Gasteiger partial charge in [-0.25, -0.2) is 9.78 Å². The van der Waals surface area contributed by atoms with E-state index in [2.05, 4.69) is 4.98 Å². The molecule has 2 unspecified atom stereocenters. The van der Waals surface area contributed by atoms with Gasteiger partial charge in [-0.1, -0.05) is 12.8 Å². The number of hydrogen-bond acceptors (Lipinski definition) is 4. The zero-order valence-corrected chi connectivity index (χ0v) is 11.0. The molecule has 0 bridgehead atoms. The lowest BCUT2D eigenvalue weighted by Gasteiger charge is -2.22. The Morgan fingerprint density at radius 1 is 1.32 bits per heavy atom. The first-order valence-electron chi connectivity index (χ1n) is 6.63. The number of carboxylic acid groups (broad SMARTS) is 1. The lowest BCUT2D eigenvalue weighted by Crippen LogP contribution is -2.31. The van der Waals surface area contributed by atoms with Gasteiger partial charge in [-0.3, -0.25) is 0 Å². The number of rotatable bonds is 3. The molecule has 1 fully saturated rings. The van der Waals surface area contributed by atoms with Crippen molar-refractivity contribution in [2.45, 2.75) is 51.2 Å². The minimum atomic E-state index is -1.11. The van der Waals surface area contributed by atoms with E-state index < -0.39 is 12.1 Å². The summed E-state index contributed by atoms with van der Waals surface area (Å²) >= 11 is 0. The van der Waals surface area contributed by atoms with Crippen LogP contribution in [0.1, 0.15) is 48.3 Å². The van der Waals surface area contributed by atoms with Crippen molar-refractivity contribution < 1.29 is 19.7 Å². The van der Waals surface area contributed by atoms with Gasteiger partial charge < -0.3 is 14.9 Å². The molecule has 1 aliphatic rings. The van der Waals surface area contributed by atoms with E-state index in [9.17, 15) is 9.90 Å². The normalized spacial score (nSPS) is 23.7. The molecule has 1 aromatic rings. The predicted molar refractivity (Wildman–Crippen MR) is 69.4 cm³/mol. The number of aromatic carboxylic acids is 1. The van der Waals surface area contributed by atoms with Crippen molar-refractivity contribution in [1.82, 2.24) is 4.98 Å². The molecular weight excluding hydrogens is 246 g/mol. The van der Waals surface area contributed by atoms with Crippen LogP contribution in [0.15, 0.2) is 12.1 Å². The number of pyridine rings is 1. The van der Waals surface area contributed by atoms with Crippen molar-refractivity contribution >= 4 is 5.97 Å². The summed E-state index contributed by atoms with van der Waals surface area (Å²) in [5, 5.41) is 19.1. The molecule has 5 nitrogen and oxygen atoms in total.